The van der Waals surface area contributed by atoms with Gasteiger partial charge in [0.05, 0.1) is 13.7 Å². The lowest BCUT2D eigenvalue weighted by Crippen LogP contribution is -2.28. The Kier molecular flexibility index (Phi) is 4.97. The van der Waals surface area contributed by atoms with Crippen molar-refractivity contribution in [2.45, 2.75) is 38.8 Å². The quantitative estimate of drug-likeness (QED) is 0.869. The van der Waals surface area contributed by atoms with Crippen molar-refractivity contribution in [3.05, 3.63) is 30.1 Å². The molecule has 0 bridgehead atoms. The third-order valence-corrected chi connectivity index (χ3v) is 3.09. The molecule has 0 saturated heterocycles. The minimum atomic E-state index is -0.702. The van der Waals surface area contributed by atoms with E-state index in [0.717, 1.165) is 11.6 Å². The molecule has 2 aromatic rings. The summed E-state index contributed by atoms with van der Waals surface area (Å²) in [6.07, 6.45) is -0.702. The van der Waals surface area contributed by atoms with E-state index < -0.39 is 6.10 Å². The number of methoxy groups -OCH3 is 1. The zero-order valence-electron chi connectivity index (χ0n) is 13.4. The number of hydrogen-bond donors (Lipinski definition) is 1. The lowest BCUT2D eigenvalue weighted by Gasteiger charge is -2.19. The van der Waals surface area contributed by atoms with E-state index in [9.17, 15) is 5.11 Å². The minimum Gasteiger partial charge on any atom is -0.497 e. The molecule has 2 rings (SSSR count). The van der Waals surface area contributed by atoms with Crippen molar-refractivity contribution in [3.63, 3.8) is 0 Å². The van der Waals surface area contributed by atoms with Gasteiger partial charge >= 0.3 is 0 Å². The van der Waals surface area contributed by atoms with Gasteiger partial charge in [-0.05, 0) is 34.7 Å². The van der Waals surface area contributed by atoms with E-state index in [1.54, 1.807) is 36.1 Å². The van der Waals surface area contributed by atoms with Crippen molar-refractivity contribution in [2.75, 3.05) is 13.7 Å². The molecule has 1 atom stereocenters. The van der Waals surface area contributed by atoms with Gasteiger partial charge < -0.3 is 14.6 Å². The molecule has 1 aromatic heterocycles. The molecule has 120 valence electrons. The highest BCUT2D eigenvalue weighted by Crippen LogP contribution is 2.19. The van der Waals surface area contributed by atoms with Crippen molar-refractivity contribution >= 4 is 0 Å². The SMILES string of the molecule is COc1ccc(OC[C@@H](O)Cn2nnnc2C(C)(C)C)cc1. The number of ether oxygens (including phenoxy) is 2. The predicted octanol–water partition coefficient (Wildman–Crippen LogP) is 1.42. The standard InChI is InChI=1S/C15H22N4O3/c1-15(2,3)14-16-17-18-19(14)9-11(20)10-22-13-7-5-12(21-4)6-8-13/h5-8,11,20H,9-10H2,1-4H3/t11-/m0/s1. The summed E-state index contributed by atoms with van der Waals surface area (Å²) >= 11 is 0. The second-order valence-corrected chi connectivity index (χ2v) is 6.07. The molecule has 22 heavy (non-hydrogen) atoms. The van der Waals surface area contributed by atoms with Crippen LogP contribution in [0, 0.1) is 0 Å². The van der Waals surface area contributed by atoms with Gasteiger partial charge in [-0.3, -0.25) is 0 Å². The highest BCUT2D eigenvalue weighted by Gasteiger charge is 2.23. The number of aliphatic hydroxyl groups is 1. The van der Waals surface area contributed by atoms with Gasteiger partial charge in [0.1, 0.15) is 24.2 Å². The van der Waals surface area contributed by atoms with Crippen LogP contribution >= 0.6 is 0 Å². The van der Waals surface area contributed by atoms with Gasteiger partial charge in [0.25, 0.3) is 0 Å². The Morgan fingerprint density at radius 3 is 2.41 bits per heavy atom. The summed E-state index contributed by atoms with van der Waals surface area (Å²) in [7, 11) is 1.61. The van der Waals surface area contributed by atoms with Crippen LogP contribution in [0.5, 0.6) is 11.5 Å². The fourth-order valence-corrected chi connectivity index (χ4v) is 1.98. The van der Waals surface area contributed by atoms with Crippen LogP contribution in [0.25, 0.3) is 0 Å². The lowest BCUT2D eigenvalue weighted by molar-refractivity contribution is 0.0871. The first-order valence-corrected chi connectivity index (χ1v) is 7.11. The van der Waals surface area contributed by atoms with Crippen LogP contribution in [0.4, 0.5) is 0 Å². The van der Waals surface area contributed by atoms with Gasteiger partial charge in [0, 0.05) is 5.41 Å². The summed E-state index contributed by atoms with van der Waals surface area (Å²) in [5, 5.41) is 21.7. The fraction of sp³-hybridized carbons (Fsp3) is 0.533. The molecule has 0 unspecified atom stereocenters. The van der Waals surface area contributed by atoms with E-state index in [1.807, 2.05) is 20.8 Å². The Hall–Kier alpha value is -2.15. The van der Waals surface area contributed by atoms with Crippen molar-refractivity contribution in [3.8, 4) is 11.5 Å². The maximum absolute atomic E-state index is 10.1. The van der Waals surface area contributed by atoms with E-state index >= 15 is 0 Å². The smallest absolute Gasteiger partial charge is 0.156 e. The third-order valence-electron chi connectivity index (χ3n) is 3.09. The Balaban J connectivity index is 1.90. The summed E-state index contributed by atoms with van der Waals surface area (Å²) in [4.78, 5) is 0. The number of benzene rings is 1. The highest BCUT2D eigenvalue weighted by molar-refractivity contribution is 5.31. The maximum atomic E-state index is 10.1. The highest BCUT2D eigenvalue weighted by atomic mass is 16.5. The van der Waals surface area contributed by atoms with E-state index in [-0.39, 0.29) is 18.6 Å². The molecule has 1 aromatic carbocycles. The normalized spacial score (nSPS) is 13.0. The van der Waals surface area contributed by atoms with E-state index in [1.165, 1.54) is 0 Å². The average molecular weight is 306 g/mol. The van der Waals surface area contributed by atoms with Crippen molar-refractivity contribution in [1.29, 1.82) is 0 Å². The molecule has 1 heterocycles. The molecule has 0 fully saturated rings. The van der Waals surface area contributed by atoms with Gasteiger partial charge in [-0.1, -0.05) is 20.8 Å². The molecule has 7 nitrogen and oxygen atoms in total. The van der Waals surface area contributed by atoms with Gasteiger partial charge in [0.2, 0.25) is 0 Å². The molecular formula is C15H22N4O3. The second-order valence-electron chi connectivity index (χ2n) is 6.07. The fourth-order valence-electron chi connectivity index (χ4n) is 1.98. The molecule has 0 aliphatic heterocycles. The average Bonchev–Trinajstić information content (AvgIpc) is 2.94. The van der Waals surface area contributed by atoms with Crippen molar-refractivity contribution < 1.29 is 14.6 Å². The molecule has 1 N–H and O–H groups in total. The van der Waals surface area contributed by atoms with E-state index in [4.69, 9.17) is 9.47 Å². The summed E-state index contributed by atoms with van der Waals surface area (Å²) in [5.74, 6) is 2.17. The Morgan fingerprint density at radius 2 is 1.82 bits per heavy atom. The molecule has 0 amide bonds. The largest absolute Gasteiger partial charge is 0.497 e. The van der Waals surface area contributed by atoms with E-state index in [2.05, 4.69) is 15.5 Å². The first-order chi connectivity index (χ1) is 10.4. The predicted molar refractivity (Wildman–Crippen MR) is 81.0 cm³/mol. The molecule has 0 saturated carbocycles. The zero-order chi connectivity index (χ0) is 16.2. The summed E-state index contributed by atoms with van der Waals surface area (Å²) in [6.45, 7) is 6.52. The third kappa shape index (κ3) is 4.17. The molecule has 7 heteroatoms. The second kappa shape index (κ2) is 6.74. The zero-order valence-corrected chi connectivity index (χ0v) is 13.4. The summed E-state index contributed by atoms with van der Waals surface area (Å²) in [6, 6.07) is 7.20. The summed E-state index contributed by atoms with van der Waals surface area (Å²) < 4.78 is 12.2. The Labute approximate surface area is 129 Å². The monoisotopic (exact) mass is 306 g/mol. The lowest BCUT2D eigenvalue weighted by atomic mass is 9.96. The number of aromatic nitrogens is 4. The molecule has 0 aliphatic rings. The van der Waals surface area contributed by atoms with Gasteiger partial charge in [0.15, 0.2) is 5.82 Å². The molecule has 0 spiro atoms. The Bertz CT molecular complexity index is 590. The minimum absolute atomic E-state index is 0.162. The van der Waals surface area contributed by atoms with Crippen LogP contribution in [-0.2, 0) is 12.0 Å². The van der Waals surface area contributed by atoms with E-state index in [0.29, 0.717) is 5.75 Å². The molecule has 0 aliphatic carbocycles. The maximum Gasteiger partial charge on any atom is 0.156 e. The van der Waals surface area contributed by atoms with Crippen molar-refractivity contribution in [2.24, 2.45) is 0 Å². The first kappa shape index (κ1) is 16.2. The van der Waals surface area contributed by atoms with Crippen molar-refractivity contribution in [1.82, 2.24) is 20.2 Å². The molecular weight excluding hydrogens is 284 g/mol. The van der Waals surface area contributed by atoms with Crippen LogP contribution in [0.15, 0.2) is 24.3 Å². The molecule has 0 radical (unpaired) electrons. The number of hydrogen-bond acceptors (Lipinski definition) is 6. The Morgan fingerprint density at radius 1 is 1.18 bits per heavy atom. The van der Waals surface area contributed by atoms with Crippen LogP contribution in [-0.4, -0.2) is 45.1 Å². The van der Waals surface area contributed by atoms with Crippen LogP contribution in [0.2, 0.25) is 0 Å². The first-order valence-electron chi connectivity index (χ1n) is 7.11. The number of tetrazole rings is 1. The topological polar surface area (TPSA) is 82.3 Å². The van der Waals surface area contributed by atoms with Gasteiger partial charge in [-0.2, -0.15) is 0 Å². The van der Waals surface area contributed by atoms with Crippen LogP contribution in [0.1, 0.15) is 26.6 Å². The number of rotatable bonds is 6. The number of aliphatic hydroxyl groups excluding tert-OH is 1. The van der Waals surface area contributed by atoms with Gasteiger partial charge in [-0.25, -0.2) is 4.68 Å². The van der Waals surface area contributed by atoms with Crippen LogP contribution < -0.4 is 9.47 Å². The van der Waals surface area contributed by atoms with Crippen LogP contribution in [0.3, 0.4) is 0 Å². The summed E-state index contributed by atoms with van der Waals surface area (Å²) in [5.41, 5.74) is -0.180. The number of nitrogens with zero attached hydrogens (tertiary/aromatic N) is 4. The van der Waals surface area contributed by atoms with Gasteiger partial charge in [-0.15, -0.1) is 5.10 Å².